The fourth-order valence-corrected chi connectivity index (χ4v) is 5.60. The first-order valence-corrected chi connectivity index (χ1v) is 11.6. The van der Waals surface area contributed by atoms with Crippen LogP contribution >= 0.6 is 11.3 Å². The van der Waals surface area contributed by atoms with Crippen LogP contribution in [0.3, 0.4) is 0 Å². The molecular weight excluding hydrogens is 386 g/mol. The van der Waals surface area contributed by atoms with E-state index in [9.17, 15) is 10.2 Å². The number of fused-ring (bicyclic) bond motifs is 1. The van der Waals surface area contributed by atoms with Crippen LogP contribution in [0.2, 0.25) is 0 Å². The highest BCUT2D eigenvalue weighted by atomic mass is 32.1. The van der Waals surface area contributed by atoms with Gasteiger partial charge >= 0.3 is 0 Å². The molecule has 1 aromatic rings. The van der Waals surface area contributed by atoms with Gasteiger partial charge in [-0.2, -0.15) is 0 Å². The standard InChI is InChI=1S/C23H31NO4S/c1-15-7-5-3-2-4-6-8-20(15)27-13-18-17-9-10-21(28-22(17)11-19(18)26)23-24-16(12-25)14-29-23/h4,6,8,14,17-19,21-22,25-26H,1-3,5,7,9-13H2/b6-4-,20-8+/t17-,18-,19-,21-,22+/m1/s1. The smallest absolute Gasteiger partial charge is 0.122 e. The average Bonchev–Trinajstić information content (AvgIpc) is 3.34. The van der Waals surface area contributed by atoms with Crippen molar-refractivity contribution < 1.29 is 19.7 Å². The maximum absolute atomic E-state index is 10.7. The molecule has 6 heteroatoms. The Kier molecular flexibility index (Phi) is 6.85. The topological polar surface area (TPSA) is 71.8 Å². The second-order valence-electron chi connectivity index (χ2n) is 8.33. The highest BCUT2D eigenvalue weighted by Gasteiger charge is 2.47. The number of hydrogen-bond donors (Lipinski definition) is 2. The molecule has 5 nitrogen and oxygen atoms in total. The highest BCUT2D eigenvalue weighted by Crippen LogP contribution is 2.46. The number of rotatable bonds is 5. The Morgan fingerprint density at radius 2 is 2.21 bits per heavy atom. The molecule has 2 fully saturated rings. The van der Waals surface area contributed by atoms with Gasteiger partial charge < -0.3 is 19.7 Å². The molecule has 1 aromatic heterocycles. The maximum atomic E-state index is 10.7. The lowest BCUT2D eigenvalue weighted by Gasteiger charge is -2.34. The van der Waals surface area contributed by atoms with E-state index in [1.807, 2.05) is 11.5 Å². The zero-order chi connectivity index (χ0) is 20.2. The van der Waals surface area contributed by atoms with E-state index in [0.29, 0.717) is 24.6 Å². The van der Waals surface area contributed by atoms with Crippen LogP contribution in [-0.4, -0.2) is 34.0 Å². The fourth-order valence-electron chi connectivity index (χ4n) is 4.72. The minimum absolute atomic E-state index is 0.0320. The number of hydrogen-bond acceptors (Lipinski definition) is 6. The van der Waals surface area contributed by atoms with Crippen molar-refractivity contribution in [3.05, 3.63) is 52.2 Å². The lowest BCUT2D eigenvalue weighted by molar-refractivity contribution is -0.0825. The van der Waals surface area contributed by atoms with Crippen molar-refractivity contribution in [2.24, 2.45) is 11.8 Å². The SMILES string of the molecule is C=C1CCCC/C=C\C=C/1OC[C@@H]1[C@H]2CC[C@H](c3nc(CO)cs3)O[C@H]2C[C@H]1O. The Labute approximate surface area is 176 Å². The molecule has 5 atom stereocenters. The second-order valence-corrected chi connectivity index (χ2v) is 9.22. The summed E-state index contributed by atoms with van der Waals surface area (Å²) in [6.07, 6.45) is 12.7. The molecule has 0 spiro atoms. The molecule has 1 saturated heterocycles. The molecule has 0 amide bonds. The van der Waals surface area contributed by atoms with Crippen LogP contribution in [0.1, 0.15) is 61.8 Å². The van der Waals surface area contributed by atoms with Crippen LogP contribution < -0.4 is 0 Å². The molecule has 29 heavy (non-hydrogen) atoms. The third-order valence-electron chi connectivity index (χ3n) is 6.37. The van der Waals surface area contributed by atoms with E-state index in [2.05, 4.69) is 23.7 Å². The average molecular weight is 418 g/mol. The summed E-state index contributed by atoms with van der Waals surface area (Å²) in [6, 6.07) is 0. The Morgan fingerprint density at radius 1 is 1.31 bits per heavy atom. The van der Waals surface area contributed by atoms with Crippen molar-refractivity contribution in [2.75, 3.05) is 6.61 Å². The summed E-state index contributed by atoms with van der Waals surface area (Å²) in [7, 11) is 0. The zero-order valence-electron chi connectivity index (χ0n) is 16.8. The third-order valence-corrected chi connectivity index (χ3v) is 7.35. The summed E-state index contributed by atoms with van der Waals surface area (Å²) in [5.41, 5.74) is 1.75. The van der Waals surface area contributed by atoms with Crippen LogP contribution in [0.15, 0.2) is 41.5 Å². The van der Waals surface area contributed by atoms with E-state index in [1.165, 1.54) is 6.42 Å². The normalized spacial score (nSPS) is 35.7. The van der Waals surface area contributed by atoms with E-state index >= 15 is 0 Å². The molecule has 1 saturated carbocycles. The van der Waals surface area contributed by atoms with Gasteiger partial charge in [0.25, 0.3) is 0 Å². The largest absolute Gasteiger partial charge is 0.493 e. The van der Waals surface area contributed by atoms with Gasteiger partial charge in [0.1, 0.15) is 16.9 Å². The summed E-state index contributed by atoms with van der Waals surface area (Å²) < 4.78 is 12.5. The van der Waals surface area contributed by atoms with Gasteiger partial charge in [-0.05, 0) is 56.1 Å². The predicted octanol–water partition coefficient (Wildman–Crippen LogP) is 4.44. The van der Waals surface area contributed by atoms with Gasteiger partial charge in [0.05, 0.1) is 31.1 Å². The lowest BCUT2D eigenvalue weighted by Crippen LogP contribution is -2.32. The van der Waals surface area contributed by atoms with Gasteiger partial charge in [0.15, 0.2) is 0 Å². The van der Waals surface area contributed by atoms with Crippen LogP contribution in [0.4, 0.5) is 0 Å². The van der Waals surface area contributed by atoms with Crippen molar-refractivity contribution in [2.45, 2.75) is 69.9 Å². The van der Waals surface area contributed by atoms with E-state index in [0.717, 1.165) is 48.4 Å². The van der Waals surface area contributed by atoms with Crippen LogP contribution in [-0.2, 0) is 16.1 Å². The summed E-state index contributed by atoms with van der Waals surface area (Å²) in [4.78, 5) is 4.47. The van der Waals surface area contributed by atoms with Crippen LogP contribution in [0.25, 0.3) is 0 Å². The summed E-state index contributed by atoms with van der Waals surface area (Å²) in [5.74, 6) is 1.24. The first-order chi connectivity index (χ1) is 14.2. The van der Waals surface area contributed by atoms with Gasteiger partial charge in [-0.25, -0.2) is 4.98 Å². The van der Waals surface area contributed by atoms with Gasteiger partial charge in [-0.15, -0.1) is 11.3 Å². The molecule has 4 rings (SSSR count). The van der Waals surface area contributed by atoms with Gasteiger partial charge in [0, 0.05) is 17.7 Å². The number of nitrogens with zero attached hydrogens (tertiary/aromatic N) is 1. The van der Waals surface area contributed by atoms with Crippen LogP contribution in [0, 0.1) is 11.8 Å². The number of aliphatic hydroxyl groups is 2. The highest BCUT2D eigenvalue weighted by molar-refractivity contribution is 7.09. The molecule has 1 aliphatic heterocycles. The summed E-state index contributed by atoms with van der Waals surface area (Å²) in [5, 5.41) is 22.8. The third kappa shape index (κ3) is 4.82. The summed E-state index contributed by atoms with van der Waals surface area (Å²) >= 11 is 1.54. The van der Waals surface area contributed by atoms with E-state index < -0.39 is 6.10 Å². The Hall–Kier alpha value is -1.47. The van der Waals surface area contributed by atoms with Crippen LogP contribution in [0.5, 0.6) is 0 Å². The number of thiazole rings is 1. The molecule has 158 valence electrons. The fraction of sp³-hybridized carbons (Fsp3) is 0.609. The molecule has 0 aromatic carbocycles. The Balaban J connectivity index is 1.37. The minimum Gasteiger partial charge on any atom is -0.493 e. The van der Waals surface area contributed by atoms with Crippen molar-refractivity contribution in [1.29, 1.82) is 0 Å². The molecule has 2 N–H and O–H groups in total. The Bertz CT molecular complexity index is 771. The number of aliphatic hydroxyl groups excluding tert-OH is 2. The minimum atomic E-state index is -0.409. The molecule has 3 aliphatic rings. The lowest BCUT2D eigenvalue weighted by atomic mass is 9.87. The van der Waals surface area contributed by atoms with Gasteiger partial charge in [-0.3, -0.25) is 0 Å². The molecule has 2 aliphatic carbocycles. The first kappa shape index (κ1) is 20.8. The van der Waals surface area contributed by atoms with Crippen molar-refractivity contribution in [3.63, 3.8) is 0 Å². The van der Waals surface area contributed by atoms with Gasteiger partial charge in [-0.1, -0.05) is 18.7 Å². The molecule has 0 radical (unpaired) electrons. The zero-order valence-corrected chi connectivity index (χ0v) is 17.7. The van der Waals surface area contributed by atoms with Gasteiger partial charge in [0.2, 0.25) is 0 Å². The van der Waals surface area contributed by atoms with E-state index in [-0.39, 0.29) is 24.7 Å². The molecular formula is C23H31NO4S. The van der Waals surface area contributed by atoms with Crippen molar-refractivity contribution >= 4 is 11.3 Å². The number of allylic oxidation sites excluding steroid dienone is 4. The molecule has 0 bridgehead atoms. The summed E-state index contributed by atoms with van der Waals surface area (Å²) in [6.45, 7) is 4.66. The maximum Gasteiger partial charge on any atom is 0.122 e. The predicted molar refractivity (Wildman–Crippen MR) is 113 cm³/mol. The first-order valence-electron chi connectivity index (χ1n) is 10.7. The van der Waals surface area contributed by atoms with E-state index in [1.54, 1.807) is 11.3 Å². The quantitative estimate of drug-likeness (QED) is 0.741. The van der Waals surface area contributed by atoms with Crippen molar-refractivity contribution in [1.82, 2.24) is 4.98 Å². The Morgan fingerprint density at radius 3 is 3.03 bits per heavy atom. The second kappa shape index (κ2) is 9.56. The monoisotopic (exact) mass is 417 g/mol. The number of aromatic nitrogens is 1. The van der Waals surface area contributed by atoms with Crippen molar-refractivity contribution in [3.8, 4) is 0 Å². The number of ether oxygens (including phenoxy) is 2. The molecule has 0 unspecified atom stereocenters. The molecule has 2 heterocycles. The van der Waals surface area contributed by atoms with E-state index in [4.69, 9.17) is 9.47 Å².